The summed E-state index contributed by atoms with van der Waals surface area (Å²) in [6.45, 7) is 2.99. The number of nitro groups is 1. The van der Waals surface area contributed by atoms with Crippen molar-refractivity contribution in [1.82, 2.24) is 0 Å². The smallest absolute Gasteiger partial charge is 0.324 e. The number of ether oxygens (including phenoxy) is 1. The fourth-order valence-corrected chi connectivity index (χ4v) is 1.50. The Morgan fingerprint density at radius 1 is 1.67 bits per heavy atom. The first-order chi connectivity index (χ1) is 5.74. The molecule has 0 amide bonds. The summed E-state index contributed by atoms with van der Waals surface area (Å²) < 4.78 is 5.10. The molecule has 1 aromatic rings. The summed E-state index contributed by atoms with van der Waals surface area (Å²) >= 11 is 1.16. The van der Waals surface area contributed by atoms with E-state index in [0.717, 1.165) is 16.2 Å². The standard InChI is InChI=1S/C7H9NO3S/c1-2-11-5-6-3-4-7(12-6)8(9)10/h3-4H,2,5H2,1H3. The van der Waals surface area contributed by atoms with Crippen LogP contribution in [-0.2, 0) is 11.3 Å². The summed E-state index contributed by atoms with van der Waals surface area (Å²) in [6, 6.07) is 3.22. The second kappa shape index (κ2) is 4.18. The molecule has 1 heterocycles. The van der Waals surface area contributed by atoms with Gasteiger partial charge in [0.1, 0.15) is 0 Å². The van der Waals surface area contributed by atoms with Crippen LogP contribution in [0.2, 0.25) is 0 Å². The first-order valence-corrected chi connectivity index (χ1v) is 4.36. The topological polar surface area (TPSA) is 52.4 Å². The van der Waals surface area contributed by atoms with E-state index >= 15 is 0 Å². The van der Waals surface area contributed by atoms with E-state index in [-0.39, 0.29) is 9.92 Å². The second-order valence-corrected chi connectivity index (χ2v) is 3.28. The Labute approximate surface area is 73.9 Å². The highest BCUT2D eigenvalue weighted by molar-refractivity contribution is 7.15. The molecule has 0 N–H and O–H groups in total. The second-order valence-electron chi connectivity index (χ2n) is 2.13. The van der Waals surface area contributed by atoms with Crippen molar-refractivity contribution in [2.45, 2.75) is 13.5 Å². The SMILES string of the molecule is CCOCc1ccc([N+](=O)[O-])s1. The Balaban J connectivity index is 2.58. The number of rotatable bonds is 4. The Morgan fingerprint density at radius 2 is 2.42 bits per heavy atom. The van der Waals surface area contributed by atoms with Gasteiger partial charge in [0.15, 0.2) is 0 Å². The maximum absolute atomic E-state index is 10.3. The van der Waals surface area contributed by atoms with E-state index in [1.807, 2.05) is 6.92 Å². The van der Waals surface area contributed by atoms with Gasteiger partial charge in [-0.1, -0.05) is 11.3 Å². The van der Waals surface area contributed by atoms with Crippen molar-refractivity contribution >= 4 is 16.3 Å². The summed E-state index contributed by atoms with van der Waals surface area (Å²) in [5.41, 5.74) is 0. The van der Waals surface area contributed by atoms with Crippen LogP contribution in [0.4, 0.5) is 5.00 Å². The molecule has 0 bridgehead atoms. The van der Waals surface area contributed by atoms with Crippen LogP contribution in [-0.4, -0.2) is 11.5 Å². The summed E-state index contributed by atoms with van der Waals surface area (Å²) in [5.74, 6) is 0. The normalized spacial score (nSPS) is 10.1. The maximum Gasteiger partial charge on any atom is 0.324 e. The molecule has 66 valence electrons. The minimum atomic E-state index is -0.389. The first kappa shape index (κ1) is 9.15. The molecule has 5 heteroatoms. The molecular formula is C7H9NO3S. The summed E-state index contributed by atoms with van der Waals surface area (Å²) in [6.07, 6.45) is 0. The van der Waals surface area contributed by atoms with Crippen molar-refractivity contribution in [3.05, 3.63) is 27.1 Å². The molecule has 0 atom stereocenters. The number of hydrogen-bond acceptors (Lipinski definition) is 4. The van der Waals surface area contributed by atoms with E-state index in [4.69, 9.17) is 4.74 Å². The van der Waals surface area contributed by atoms with Gasteiger partial charge in [-0.25, -0.2) is 0 Å². The van der Waals surface area contributed by atoms with Crippen LogP contribution >= 0.6 is 11.3 Å². The monoisotopic (exact) mass is 187 g/mol. The van der Waals surface area contributed by atoms with E-state index in [1.54, 1.807) is 6.07 Å². The van der Waals surface area contributed by atoms with Gasteiger partial charge in [0, 0.05) is 17.6 Å². The summed E-state index contributed by atoms with van der Waals surface area (Å²) in [5, 5.41) is 10.4. The summed E-state index contributed by atoms with van der Waals surface area (Å²) in [7, 11) is 0. The Morgan fingerprint density at radius 3 is 2.92 bits per heavy atom. The van der Waals surface area contributed by atoms with Gasteiger partial charge in [-0.2, -0.15) is 0 Å². The molecule has 0 unspecified atom stereocenters. The predicted octanol–water partition coefficient (Wildman–Crippen LogP) is 2.19. The minimum absolute atomic E-state index is 0.171. The van der Waals surface area contributed by atoms with E-state index < -0.39 is 0 Å². The lowest BCUT2D eigenvalue weighted by molar-refractivity contribution is -0.380. The van der Waals surface area contributed by atoms with Gasteiger partial charge in [-0.3, -0.25) is 10.1 Å². The zero-order valence-electron chi connectivity index (χ0n) is 6.65. The third kappa shape index (κ3) is 2.28. The van der Waals surface area contributed by atoms with Gasteiger partial charge in [0.25, 0.3) is 0 Å². The van der Waals surface area contributed by atoms with E-state index in [0.29, 0.717) is 13.2 Å². The molecule has 1 aromatic heterocycles. The van der Waals surface area contributed by atoms with Gasteiger partial charge in [-0.15, -0.1) is 0 Å². The van der Waals surface area contributed by atoms with Gasteiger partial charge < -0.3 is 4.74 Å². The lowest BCUT2D eigenvalue weighted by Gasteiger charge is -1.94. The van der Waals surface area contributed by atoms with Crippen molar-refractivity contribution < 1.29 is 9.66 Å². The van der Waals surface area contributed by atoms with Crippen LogP contribution in [0.1, 0.15) is 11.8 Å². The van der Waals surface area contributed by atoms with Gasteiger partial charge in [-0.05, 0) is 13.0 Å². The van der Waals surface area contributed by atoms with Crippen molar-refractivity contribution in [3.63, 3.8) is 0 Å². The molecule has 0 aliphatic rings. The molecule has 0 aliphatic heterocycles. The molecule has 12 heavy (non-hydrogen) atoms. The maximum atomic E-state index is 10.3. The van der Waals surface area contributed by atoms with Crippen molar-refractivity contribution in [2.75, 3.05) is 6.61 Å². The molecule has 0 saturated carbocycles. The number of hydrogen-bond donors (Lipinski definition) is 0. The third-order valence-electron chi connectivity index (χ3n) is 1.28. The quantitative estimate of drug-likeness (QED) is 0.536. The fraction of sp³-hybridized carbons (Fsp3) is 0.429. The molecule has 0 fully saturated rings. The van der Waals surface area contributed by atoms with Crippen molar-refractivity contribution in [3.8, 4) is 0 Å². The zero-order valence-corrected chi connectivity index (χ0v) is 7.47. The van der Waals surface area contributed by atoms with Crippen LogP contribution in [0.25, 0.3) is 0 Å². The van der Waals surface area contributed by atoms with Crippen LogP contribution in [0.3, 0.4) is 0 Å². The summed E-state index contributed by atoms with van der Waals surface area (Å²) in [4.78, 5) is 10.8. The third-order valence-corrected chi connectivity index (χ3v) is 2.29. The van der Waals surface area contributed by atoms with E-state index in [9.17, 15) is 10.1 Å². The largest absolute Gasteiger partial charge is 0.376 e. The van der Waals surface area contributed by atoms with Gasteiger partial charge in [0.05, 0.1) is 11.5 Å². The lowest BCUT2D eigenvalue weighted by atomic mass is 10.5. The molecule has 0 aromatic carbocycles. The molecular weight excluding hydrogens is 178 g/mol. The van der Waals surface area contributed by atoms with Crippen LogP contribution in [0.15, 0.2) is 12.1 Å². The van der Waals surface area contributed by atoms with Crippen molar-refractivity contribution in [1.29, 1.82) is 0 Å². The highest BCUT2D eigenvalue weighted by Crippen LogP contribution is 2.24. The molecule has 4 nitrogen and oxygen atoms in total. The molecule has 0 saturated heterocycles. The molecule has 1 rings (SSSR count). The Hall–Kier alpha value is -0.940. The number of thiophene rings is 1. The molecule has 0 aliphatic carbocycles. The van der Waals surface area contributed by atoms with Crippen LogP contribution in [0, 0.1) is 10.1 Å². The molecule has 0 spiro atoms. The minimum Gasteiger partial charge on any atom is -0.376 e. The first-order valence-electron chi connectivity index (χ1n) is 3.55. The predicted molar refractivity (Wildman–Crippen MR) is 46.3 cm³/mol. The number of nitrogens with zero attached hydrogens (tertiary/aromatic N) is 1. The lowest BCUT2D eigenvalue weighted by Crippen LogP contribution is -1.87. The van der Waals surface area contributed by atoms with E-state index in [2.05, 4.69) is 0 Å². The zero-order chi connectivity index (χ0) is 8.97. The van der Waals surface area contributed by atoms with Crippen molar-refractivity contribution in [2.24, 2.45) is 0 Å². The highest BCUT2D eigenvalue weighted by Gasteiger charge is 2.08. The van der Waals surface area contributed by atoms with Crippen LogP contribution < -0.4 is 0 Å². The highest BCUT2D eigenvalue weighted by atomic mass is 32.1. The average Bonchev–Trinajstić information content (AvgIpc) is 2.48. The fourth-order valence-electron chi connectivity index (χ4n) is 0.745. The van der Waals surface area contributed by atoms with Gasteiger partial charge in [0.2, 0.25) is 0 Å². The van der Waals surface area contributed by atoms with Crippen LogP contribution in [0.5, 0.6) is 0 Å². The Kier molecular flexibility index (Phi) is 3.19. The van der Waals surface area contributed by atoms with E-state index in [1.165, 1.54) is 6.07 Å². The average molecular weight is 187 g/mol. The molecule has 0 radical (unpaired) electrons. The van der Waals surface area contributed by atoms with Gasteiger partial charge >= 0.3 is 5.00 Å². The Bertz CT molecular complexity index is 271.